The molecular formula is C24H23N9O2. The Labute approximate surface area is 199 Å². The molecule has 0 aliphatic rings. The number of amides is 1. The van der Waals surface area contributed by atoms with Crippen molar-refractivity contribution in [1.82, 2.24) is 39.5 Å². The van der Waals surface area contributed by atoms with Crippen LogP contribution in [0.25, 0.3) is 22.7 Å². The summed E-state index contributed by atoms with van der Waals surface area (Å²) >= 11 is 0. The number of nitrogens with zero attached hydrogens (tertiary/aromatic N) is 7. The lowest BCUT2D eigenvalue weighted by molar-refractivity contribution is -0.115. The molecule has 0 spiro atoms. The molecule has 0 aliphatic heterocycles. The van der Waals surface area contributed by atoms with Gasteiger partial charge in [-0.05, 0) is 45.9 Å². The molecule has 5 aromatic rings. The predicted octanol–water partition coefficient (Wildman–Crippen LogP) is 2.50. The highest BCUT2D eigenvalue weighted by Gasteiger charge is 2.19. The van der Waals surface area contributed by atoms with Crippen LogP contribution in [0.4, 0.5) is 5.69 Å². The number of para-hydroxylation sites is 2. The first-order valence-corrected chi connectivity index (χ1v) is 11.0. The van der Waals surface area contributed by atoms with Crippen molar-refractivity contribution < 1.29 is 4.79 Å². The molecule has 0 saturated heterocycles. The molecule has 0 bridgehead atoms. The van der Waals surface area contributed by atoms with Crippen LogP contribution in [-0.4, -0.2) is 45.4 Å². The number of H-pyrrole nitrogens is 1. The number of aromatic amines is 1. The lowest BCUT2D eigenvalue weighted by Crippen LogP contribution is -2.17. The molecule has 0 unspecified atom stereocenters. The normalized spacial score (nSPS) is 11.2. The van der Waals surface area contributed by atoms with E-state index in [0.29, 0.717) is 28.4 Å². The zero-order chi connectivity index (χ0) is 24.7. The molecule has 0 fully saturated rings. The van der Waals surface area contributed by atoms with E-state index in [0.717, 1.165) is 28.3 Å². The molecule has 11 nitrogen and oxygen atoms in total. The van der Waals surface area contributed by atoms with Crippen molar-refractivity contribution in [3.63, 3.8) is 0 Å². The smallest absolute Gasteiger partial charge is 0.261 e. The van der Waals surface area contributed by atoms with Crippen LogP contribution in [0.2, 0.25) is 0 Å². The third kappa shape index (κ3) is 4.07. The second kappa shape index (κ2) is 8.60. The van der Waals surface area contributed by atoms with Crippen molar-refractivity contribution >= 4 is 22.6 Å². The molecular weight excluding hydrogens is 446 g/mol. The number of carbonyl (C=O) groups is 1. The molecule has 0 saturated carbocycles. The van der Waals surface area contributed by atoms with Gasteiger partial charge in [0.1, 0.15) is 5.39 Å². The average Bonchev–Trinajstić information content (AvgIpc) is 3.36. The van der Waals surface area contributed by atoms with E-state index in [4.69, 9.17) is 0 Å². The van der Waals surface area contributed by atoms with Crippen LogP contribution in [0.3, 0.4) is 0 Å². The third-order valence-corrected chi connectivity index (χ3v) is 5.72. The number of carbonyl (C=O) groups excluding carboxylic acids is 1. The number of anilines is 1. The van der Waals surface area contributed by atoms with E-state index in [2.05, 4.69) is 35.5 Å². The predicted molar refractivity (Wildman–Crippen MR) is 130 cm³/mol. The van der Waals surface area contributed by atoms with Crippen molar-refractivity contribution in [3.8, 4) is 11.6 Å². The summed E-state index contributed by atoms with van der Waals surface area (Å²) in [7, 11) is 0. The number of rotatable bonds is 5. The molecule has 176 valence electrons. The summed E-state index contributed by atoms with van der Waals surface area (Å²) in [5.74, 6) is 0.264. The summed E-state index contributed by atoms with van der Waals surface area (Å²) in [5.41, 5.74) is 5.30. The Balaban J connectivity index is 1.44. The number of nitrogens with one attached hydrogen (secondary N) is 2. The van der Waals surface area contributed by atoms with Gasteiger partial charge in [0.2, 0.25) is 5.91 Å². The van der Waals surface area contributed by atoms with Gasteiger partial charge in [0.15, 0.2) is 5.65 Å². The molecule has 5 rings (SSSR count). The maximum absolute atomic E-state index is 13.1. The second-order valence-corrected chi connectivity index (χ2v) is 8.28. The molecule has 4 aromatic heterocycles. The van der Waals surface area contributed by atoms with E-state index in [9.17, 15) is 9.59 Å². The highest BCUT2D eigenvalue weighted by atomic mass is 16.1. The van der Waals surface area contributed by atoms with Gasteiger partial charge in [-0.15, -0.1) is 0 Å². The maximum atomic E-state index is 13.1. The first kappa shape index (κ1) is 22.1. The van der Waals surface area contributed by atoms with Crippen molar-refractivity contribution in [2.75, 3.05) is 5.32 Å². The summed E-state index contributed by atoms with van der Waals surface area (Å²) in [4.78, 5) is 40.9. The van der Waals surface area contributed by atoms with Crippen LogP contribution in [0.5, 0.6) is 0 Å². The van der Waals surface area contributed by atoms with Crippen LogP contribution in [0.1, 0.15) is 28.3 Å². The standard InChI is InChI=1S/C24H23N9O2/c1-13-9-14(2)29-24(28-13)32-16(4)17(15(3)31-32)10-21(34)30-19-7-5-6-8-20(19)33-22-18(11-27-33)23(35)26-12-25-22/h5-9,11-12H,10H2,1-4H3,(H,30,34)(H,25,26,35). The van der Waals surface area contributed by atoms with Crippen LogP contribution in [0.15, 0.2) is 47.7 Å². The first-order valence-electron chi connectivity index (χ1n) is 11.0. The van der Waals surface area contributed by atoms with E-state index in [-0.39, 0.29) is 17.9 Å². The summed E-state index contributed by atoms with van der Waals surface area (Å²) in [6.45, 7) is 7.58. The number of aryl methyl sites for hydroxylation is 3. The summed E-state index contributed by atoms with van der Waals surface area (Å²) in [6, 6.07) is 9.12. The number of benzene rings is 1. The largest absolute Gasteiger partial charge is 0.324 e. The van der Waals surface area contributed by atoms with E-state index in [1.54, 1.807) is 16.8 Å². The average molecular weight is 470 g/mol. The number of aromatic nitrogens is 8. The Kier molecular flexibility index (Phi) is 5.44. The molecule has 2 N–H and O–H groups in total. The lowest BCUT2D eigenvalue weighted by Gasteiger charge is -2.12. The minimum absolute atomic E-state index is 0.120. The number of hydrogen-bond donors (Lipinski definition) is 2. The molecule has 0 atom stereocenters. The summed E-state index contributed by atoms with van der Waals surface area (Å²) in [6.07, 6.45) is 2.90. The Morgan fingerprint density at radius 3 is 2.57 bits per heavy atom. The van der Waals surface area contributed by atoms with Crippen LogP contribution in [0, 0.1) is 27.7 Å². The van der Waals surface area contributed by atoms with Crippen LogP contribution < -0.4 is 10.9 Å². The fraction of sp³-hybridized carbons (Fsp3) is 0.208. The molecule has 1 amide bonds. The number of hydrogen-bond acceptors (Lipinski definition) is 7. The third-order valence-electron chi connectivity index (χ3n) is 5.72. The first-order chi connectivity index (χ1) is 16.8. The summed E-state index contributed by atoms with van der Waals surface area (Å²) < 4.78 is 3.21. The van der Waals surface area contributed by atoms with Gasteiger partial charge in [0.25, 0.3) is 11.5 Å². The van der Waals surface area contributed by atoms with Gasteiger partial charge in [0, 0.05) is 22.6 Å². The molecule has 4 heterocycles. The Morgan fingerprint density at radius 1 is 1.06 bits per heavy atom. The molecule has 35 heavy (non-hydrogen) atoms. The van der Waals surface area contributed by atoms with Gasteiger partial charge in [0.05, 0.1) is 36.0 Å². The summed E-state index contributed by atoms with van der Waals surface area (Å²) in [5, 5.41) is 12.2. The van der Waals surface area contributed by atoms with Crippen LogP contribution in [-0.2, 0) is 11.2 Å². The zero-order valence-electron chi connectivity index (χ0n) is 19.7. The Bertz CT molecular complexity index is 1620. The van der Waals surface area contributed by atoms with Gasteiger partial charge in [-0.1, -0.05) is 12.1 Å². The zero-order valence-corrected chi connectivity index (χ0v) is 19.7. The highest BCUT2D eigenvalue weighted by Crippen LogP contribution is 2.23. The van der Waals surface area contributed by atoms with E-state index >= 15 is 0 Å². The van der Waals surface area contributed by atoms with E-state index in [1.165, 1.54) is 17.2 Å². The molecule has 0 aliphatic carbocycles. The van der Waals surface area contributed by atoms with Crippen molar-refractivity contribution in [2.45, 2.75) is 34.1 Å². The molecule has 11 heteroatoms. The number of fused-ring (bicyclic) bond motifs is 1. The van der Waals surface area contributed by atoms with E-state index < -0.39 is 0 Å². The lowest BCUT2D eigenvalue weighted by atomic mass is 10.1. The van der Waals surface area contributed by atoms with Crippen LogP contribution >= 0.6 is 0 Å². The van der Waals surface area contributed by atoms with Gasteiger partial charge in [-0.2, -0.15) is 10.2 Å². The van der Waals surface area contributed by atoms with Crippen molar-refractivity contribution in [3.05, 3.63) is 81.5 Å². The SMILES string of the molecule is Cc1cc(C)nc(-n2nc(C)c(CC(=O)Nc3ccccc3-n3ncc4c(=O)[nH]cnc43)c2C)n1. The Hall–Kier alpha value is -4.67. The minimum atomic E-state index is -0.279. The minimum Gasteiger partial charge on any atom is -0.324 e. The fourth-order valence-corrected chi connectivity index (χ4v) is 4.08. The Morgan fingerprint density at radius 2 is 1.80 bits per heavy atom. The second-order valence-electron chi connectivity index (χ2n) is 8.28. The highest BCUT2D eigenvalue weighted by molar-refractivity contribution is 5.95. The van der Waals surface area contributed by atoms with Crippen molar-refractivity contribution in [1.29, 1.82) is 0 Å². The van der Waals surface area contributed by atoms with Gasteiger partial charge in [-0.3, -0.25) is 9.59 Å². The van der Waals surface area contributed by atoms with Gasteiger partial charge in [-0.25, -0.2) is 24.3 Å². The van der Waals surface area contributed by atoms with Crippen molar-refractivity contribution in [2.24, 2.45) is 0 Å². The monoisotopic (exact) mass is 469 g/mol. The topological polar surface area (TPSA) is 136 Å². The molecule has 1 aromatic carbocycles. The fourth-order valence-electron chi connectivity index (χ4n) is 4.08. The van der Waals surface area contributed by atoms with Gasteiger partial charge >= 0.3 is 0 Å². The van der Waals surface area contributed by atoms with E-state index in [1.807, 2.05) is 45.9 Å². The quantitative estimate of drug-likeness (QED) is 0.403. The molecule has 0 radical (unpaired) electrons. The maximum Gasteiger partial charge on any atom is 0.261 e. The van der Waals surface area contributed by atoms with Gasteiger partial charge < -0.3 is 10.3 Å².